The van der Waals surface area contributed by atoms with Gasteiger partial charge in [0.05, 0.1) is 0 Å². The van der Waals surface area contributed by atoms with E-state index in [9.17, 15) is 13.9 Å². The molecular formula is C15H20F2O. The molecule has 0 bridgehead atoms. The quantitative estimate of drug-likeness (QED) is 0.686. The summed E-state index contributed by atoms with van der Waals surface area (Å²) in [6, 6.07) is 5.31. The molecule has 2 rings (SSSR count). The molecule has 1 nitrogen and oxygen atoms in total. The molecule has 0 aliphatic carbocycles. The van der Waals surface area contributed by atoms with Crippen molar-refractivity contribution in [3.8, 4) is 5.75 Å². The van der Waals surface area contributed by atoms with E-state index in [-0.39, 0.29) is 11.1 Å². The van der Waals surface area contributed by atoms with Crippen molar-refractivity contribution >= 4 is 10.8 Å². The van der Waals surface area contributed by atoms with Crippen LogP contribution >= 0.6 is 0 Å². The number of rotatable bonds is 0. The average Bonchev–Trinajstić information content (AvgIpc) is 2.38. The van der Waals surface area contributed by atoms with Gasteiger partial charge in [0.25, 0.3) is 0 Å². The Hall–Kier alpha value is -1.64. The van der Waals surface area contributed by atoms with Gasteiger partial charge in [-0.15, -0.1) is 0 Å². The van der Waals surface area contributed by atoms with Crippen molar-refractivity contribution in [2.45, 2.75) is 34.6 Å². The minimum Gasteiger partial charge on any atom is -0.508 e. The first-order valence-electron chi connectivity index (χ1n) is 6.17. The predicted octanol–water partition coefficient (Wildman–Crippen LogP) is 5.18. The smallest absolute Gasteiger partial charge is 0.166 e. The summed E-state index contributed by atoms with van der Waals surface area (Å²) in [5.41, 5.74) is 0.525. The van der Waals surface area contributed by atoms with E-state index >= 15 is 0 Å². The van der Waals surface area contributed by atoms with Crippen LogP contribution < -0.4 is 0 Å². The molecular weight excluding hydrogens is 234 g/mol. The Morgan fingerprint density at radius 1 is 0.944 bits per heavy atom. The van der Waals surface area contributed by atoms with E-state index in [0.717, 1.165) is 6.07 Å². The molecule has 2 aromatic rings. The van der Waals surface area contributed by atoms with Crippen molar-refractivity contribution in [1.82, 2.24) is 0 Å². The Balaban J connectivity index is 0.000000659. The maximum Gasteiger partial charge on any atom is 0.166 e. The van der Waals surface area contributed by atoms with Crippen LogP contribution in [0.25, 0.3) is 10.8 Å². The van der Waals surface area contributed by atoms with Gasteiger partial charge in [-0.05, 0) is 36.1 Å². The summed E-state index contributed by atoms with van der Waals surface area (Å²) >= 11 is 0. The number of aryl methyl sites for hydroxylation is 1. The number of phenolic OH excluding ortho intramolecular Hbond substituents is 1. The van der Waals surface area contributed by atoms with E-state index in [1.165, 1.54) is 18.2 Å². The van der Waals surface area contributed by atoms with Crippen LogP contribution in [0.3, 0.4) is 0 Å². The topological polar surface area (TPSA) is 20.2 Å². The van der Waals surface area contributed by atoms with Gasteiger partial charge in [0.2, 0.25) is 0 Å². The molecule has 18 heavy (non-hydrogen) atoms. The van der Waals surface area contributed by atoms with Crippen LogP contribution in [-0.4, -0.2) is 5.11 Å². The highest BCUT2D eigenvalue weighted by atomic mass is 19.2. The molecule has 0 aliphatic rings. The lowest BCUT2D eigenvalue weighted by Gasteiger charge is -2.05. The normalized spacial score (nSPS) is 9.06. The van der Waals surface area contributed by atoms with Crippen LogP contribution in [-0.2, 0) is 0 Å². The Morgan fingerprint density at radius 2 is 1.50 bits per heavy atom. The van der Waals surface area contributed by atoms with Crippen molar-refractivity contribution in [2.24, 2.45) is 0 Å². The van der Waals surface area contributed by atoms with Crippen LogP contribution in [0.5, 0.6) is 5.75 Å². The molecule has 0 spiro atoms. The maximum atomic E-state index is 13.3. The van der Waals surface area contributed by atoms with Crippen LogP contribution in [0.2, 0.25) is 0 Å². The number of hydrogen-bond acceptors (Lipinski definition) is 1. The summed E-state index contributed by atoms with van der Waals surface area (Å²) in [6.07, 6.45) is 0. The molecule has 100 valence electrons. The summed E-state index contributed by atoms with van der Waals surface area (Å²) in [5.74, 6) is -1.67. The van der Waals surface area contributed by atoms with Gasteiger partial charge in [0.1, 0.15) is 5.75 Å². The number of benzene rings is 2. The van der Waals surface area contributed by atoms with Crippen LogP contribution in [0, 0.1) is 18.6 Å². The summed E-state index contributed by atoms with van der Waals surface area (Å²) in [5, 5.41) is 9.98. The SMILES string of the molecule is CC.CC.Cc1cc(O)cc2ccc(F)c(F)c12. The van der Waals surface area contributed by atoms with Crippen LogP contribution in [0.4, 0.5) is 8.78 Å². The van der Waals surface area contributed by atoms with Crippen molar-refractivity contribution in [2.75, 3.05) is 0 Å². The molecule has 2 aromatic carbocycles. The lowest BCUT2D eigenvalue weighted by molar-refractivity contribution is 0.475. The molecule has 0 heterocycles. The second-order valence-electron chi connectivity index (χ2n) is 3.22. The molecule has 0 amide bonds. The summed E-state index contributed by atoms with van der Waals surface area (Å²) < 4.78 is 26.2. The lowest BCUT2D eigenvalue weighted by Crippen LogP contribution is -1.88. The van der Waals surface area contributed by atoms with E-state index in [1.807, 2.05) is 27.7 Å². The van der Waals surface area contributed by atoms with Gasteiger partial charge in [-0.25, -0.2) is 8.78 Å². The average molecular weight is 254 g/mol. The number of hydrogen-bond donors (Lipinski definition) is 1. The van der Waals surface area contributed by atoms with Crippen molar-refractivity contribution < 1.29 is 13.9 Å². The zero-order valence-electron chi connectivity index (χ0n) is 11.5. The van der Waals surface area contributed by atoms with Gasteiger partial charge in [0, 0.05) is 5.39 Å². The summed E-state index contributed by atoms with van der Waals surface area (Å²) in [4.78, 5) is 0. The van der Waals surface area contributed by atoms with E-state index in [1.54, 1.807) is 6.92 Å². The largest absolute Gasteiger partial charge is 0.508 e. The van der Waals surface area contributed by atoms with Crippen molar-refractivity contribution in [3.63, 3.8) is 0 Å². The third-order valence-electron chi connectivity index (χ3n) is 2.19. The van der Waals surface area contributed by atoms with Gasteiger partial charge in [-0.1, -0.05) is 33.8 Å². The summed E-state index contributed by atoms with van der Waals surface area (Å²) in [6.45, 7) is 9.63. The molecule has 0 aromatic heterocycles. The first kappa shape index (κ1) is 16.4. The number of fused-ring (bicyclic) bond motifs is 1. The molecule has 0 fully saturated rings. The highest BCUT2D eigenvalue weighted by Gasteiger charge is 2.09. The van der Waals surface area contributed by atoms with Crippen molar-refractivity contribution in [3.05, 3.63) is 41.5 Å². The van der Waals surface area contributed by atoms with E-state index in [4.69, 9.17) is 0 Å². The Morgan fingerprint density at radius 3 is 2.06 bits per heavy atom. The second kappa shape index (κ2) is 7.64. The van der Waals surface area contributed by atoms with Gasteiger partial charge < -0.3 is 5.11 Å². The number of phenols is 1. The fraction of sp³-hybridized carbons (Fsp3) is 0.333. The molecule has 0 unspecified atom stereocenters. The molecule has 3 heteroatoms. The highest BCUT2D eigenvalue weighted by molar-refractivity contribution is 5.87. The summed E-state index contributed by atoms with van der Waals surface area (Å²) in [7, 11) is 0. The molecule has 0 aliphatic heterocycles. The first-order chi connectivity index (χ1) is 8.59. The van der Waals surface area contributed by atoms with Gasteiger partial charge in [0.15, 0.2) is 11.6 Å². The molecule has 0 atom stereocenters. The van der Waals surface area contributed by atoms with E-state index in [2.05, 4.69) is 0 Å². The molecule has 0 radical (unpaired) electrons. The zero-order valence-corrected chi connectivity index (χ0v) is 11.5. The first-order valence-corrected chi connectivity index (χ1v) is 6.17. The lowest BCUT2D eigenvalue weighted by atomic mass is 10.0. The Labute approximate surface area is 107 Å². The fourth-order valence-corrected chi connectivity index (χ4v) is 1.58. The van der Waals surface area contributed by atoms with Crippen LogP contribution in [0.1, 0.15) is 33.3 Å². The Bertz CT molecular complexity index is 507. The minimum absolute atomic E-state index is 0.0565. The number of aromatic hydroxyl groups is 1. The fourth-order valence-electron chi connectivity index (χ4n) is 1.58. The van der Waals surface area contributed by atoms with E-state index in [0.29, 0.717) is 10.9 Å². The highest BCUT2D eigenvalue weighted by Crippen LogP contribution is 2.27. The predicted molar refractivity (Wildman–Crippen MR) is 73.0 cm³/mol. The standard InChI is InChI=1S/C11H8F2O.2C2H6/c1-6-4-8(14)5-7-2-3-9(12)11(13)10(6)7;2*1-2/h2-5,14H,1H3;2*1-2H3. The Kier molecular flexibility index (Phi) is 6.94. The third kappa shape index (κ3) is 3.42. The van der Waals surface area contributed by atoms with E-state index < -0.39 is 11.6 Å². The van der Waals surface area contributed by atoms with Crippen LogP contribution in [0.15, 0.2) is 24.3 Å². The maximum absolute atomic E-state index is 13.3. The van der Waals surface area contributed by atoms with Gasteiger partial charge in [-0.2, -0.15) is 0 Å². The second-order valence-corrected chi connectivity index (χ2v) is 3.22. The molecule has 0 saturated heterocycles. The van der Waals surface area contributed by atoms with Crippen molar-refractivity contribution in [1.29, 1.82) is 0 Å². The third-order valence-corrected chi connectivity index (χ3v) is 2.19. The zero-order chi connectivity index (χ0) is 14.3. The number of halogens is 2. The van der Waals surface area contributed by atoms with Gasteiger partial charge >= 0.3 is 0 Å². The van der Waals surface area contributed by atoms with Gasteiger partial charge in [-0.3, -0.25) is 0 Å². The molecule has 0 saturated carbocycles. The monoisotopic (exact) mass is 254 g/mol. The minimum atomic E-state index is -0.869. The molecule has 1 N–H and O–H groups in total.